The van der Waals surface area contributed by atoms with E-state index >= 15 is 0 Å². The Balaban J connectivity index is 1.87. The maximum Gasteiger partial charge on any atom is 0.412 e. The van der Waals surface area contributed by atoms with E-state index in [1.54, 1.807) is 4.90 Å². The first-order valence-electron chi connectivity index (χ1n) is 7.91. The monoisotopic (exact) mass is 305 g/mol. The number of rotatable bonds is 4. The van der Waals surface area contributed by atoms with Gasteiger partial charge in [0.1, 0.15) is 5.60 Å². The van der Waals surface area contributed by atoms with Crippen LogP contribution in [0.15, 0.2) is 30.3 Å². The number of hydrogen-bond acceptors (Lipinski definition) is 4. The summed E-state index contributed by atoms with van der Waals surface area (Å²) in [5.41, 5.74) is 0.612. The minimum atomic E-state index is -0.439. The summed E-state index contributed by atoms with van der Waals surface area (Å²) < 4.78 is 17.0. The smallest absolute Gasteiger partial charge is 0.412 e. The summed E-state index contributed by atoms with van der Waals surface area (Å²) in [6.45, 7) is 6.70. The fraction of sp³-hybridized carbons (Fsp3) is 0.588. The van der Waals surface area contributed by atoms with Gasteiger partial charge in [-0.3, -0.25) is 4.90 Å². The third-order valence-electron chi connectivity index (χ3n) is 4.50. The van der Waals surface area contributed by atoms with E-state index in [0.717, 1.165) is 12.0 Å². The molecule has 5 nitrogen and oxygen atoms in total. The van der Waals surface area contributed by atoms with Crippen molar-refractivity contribution in [2.45, 2.75) is 51.2 Å². The highest BCUT2D eigenvalue weighted by Gasteiger charge is 2.63. The lowest BCUT2D eigenvalue weighted by Crippen LogP contribution is -2.46. The van der Waals surface area contributed by atoms with Crippen LogP contribution in [0, 0.1) is 0 Å². The van der Waals surface area contributed by atoms with E-state index in [9.17, 15) is 4.79 Å². The molecule has 0 saturated carbocycles. The van der Waals surface area contributed by atoms with Crippen molar-refractivity contribution >= 4 is 6.09 Å². The summed E-state index contributed by atoms with van der Waals surface area (Å²) in [6.07, 6.45) is 0.291. The topological polar surface area (TPSA) is 51.3 Å². The lowest BCUT2D eigenvalue weighted by Gasteiger charge is -2.29. The summed E-state index contributed by atoms with van der Waals surface area (Å²) in [7, 11) is 0. The predicted molar refractivity (Wildman–Crippen MR) is 81.4 cm³/mol. The van der Waals surface area contributed by atoms with Gasteiger partial charge >= 0.3 is 6.09 Å². The number of benzene rings is 1. The van der Waals surface area contributed by atoms with Crippen LogP contribution >= 0.6 is 0 Å². The summed E-state index contributed by atoms with van der Waals surface area (Å²) in [4.78, 5) is 14.2. The summed E-state index contributed by atoms with van der Waals surface area (Å²) in [6, 6.07) is 9.78. The van der Waals surface area contributed by atoms with Gasteiger partial charge in [0.15, 0.2) is 6.23 Å². The van der Waals surface area contributed by atoms with Crippen LogP contribution in [0.5, 0.6) is 0 Å². The lowest BCUT2D eigenvalue weighted by atomic mass is 10.0. The van der Waals surface area contributed by atoms with Crippen molar-refractivity contribution in [2.24, 2.45) is 0 Å². The molecule has 5 heteroatoms. The van der Waals surface area contributed by atoms with Gasteiger partial charge in [0.2, 0.25) is 0 Å². The molecule has 2 heterocycles. The molecule has 1 unspecified atom stereocenters. The van der Waals surface area contributed by atoms with Crippen LogP contribution in [0.1, 0.15) is 38.8 Å². The second kappa shape index (κ2) is 5.89. The molecule has 0 aliphatic carbocycles. The number of carbonyl (C=O) groups is 1. The minimum absolute atomic E-state index is 0.129. The second-order valence-corrected chi connectivity index (χ2v) is 5.92. The molecule has 22 heavy (non-hydrogen) atoms. The van der Waals surface area contributed by atoms with Crippen molar-refractivity contribution < 1.29 is 19.0 Å². The molecule has 1 aromatic rings. The van der Waals surface area contributed by atoms with Gasteiger partial charge in [0, 0.05) is 0 Å². The Morgan fingerprint density at radius 1 is 1.36 bits per heavy atom. The molecule has 1 aromatic carbocycles. The molecule has 0 spiro atoms. The van der Waals surface area contributed by atoms with Crippen LogP contribution < -0.4 is 0 Å². The highest BCUT2D eigenvalue weighted by molar-refractivity contribution is 5.69. The molecule has 0 aromatic heterocycles. The number of carbonyl (C=O) groups excluding carboxylic acids is 1. The van der Waals surface area contributed by atoms with E-state index in [1.807, 2.05) is 44.2 Å². The van der Waals surface area contributed by atoms with Crippen molar-refractivity contribution in [1.82, 2.24) is 4.90 Å². The molecule has 0 bridgehead atoms. The van der Waals surface area contributed by atoms with Gasteiger partial charge in [-0.1, -0.05) is 37.3 Å². The average molecular weight is 305 g/mol. The number of amides is 1. The van der Waals surface area contributed by atoms with Crippen LogP contribution in [-0.4, -0.2) is 42.1 Å². The van der Waals surface area contributed by atoms with Crippen LogP contribution in [-0.2, 0) is 14.2 Å². The van der Waals surface area contributed by atoms with Crippen LogP contribution in [0.2, 0.25) is 0 Å². The van der Waals surface area contributed by atoms with E-state index in [2.05, 4.69) is 6.92 Å². The molecule has 0 N–H and O–H groups in total. The Labute approximate surface area is 131 Å². The molecular weight excluding hydrogens is 282 g/mol. The van der Waals surface area contributed by atoms with Gasteiger partial charge in [-0.25, -0.2) is 4.79 Å². The van der Waals surface area contributed by atoms with Crippen molar-refractivity contribution in [3.63, 3.8) is 0 Å². The first-order chi connectivity index (χ1) is 10.6. The second-order valence-electron chi connectivity index (χ2n) is 5.92. The zero-order valence-corrected chi connectivity index (χ0v) is 13.3. The molecule has 3 rings (SSSR count). The zero-order valence-electron chi connectivity index (χ0n) is 13.3. The molecule has 120 valence electrons. The third-order valence-corrected chi connectivity index (χ3v) is 4.50. The Morgan fingerprint density at radius 2 is 2.09 bits per heavy atom. The average Bonchev–Trinajstić information content (AvgIpc) is 3.01. The molecule has 2 fully saturated rings. The summed E-state index contributed by atoms with van der Waals surface area (Å²) in [5.74, 6) is 0. The fourth-order valence-corrected chi connectivity index (χ4v) is 3.28. The highest BCUT2D eigenvalue weighted by Crippen LogP contribution is 2.48. The predicted octanol–water partition coefficient (Wildman–Crippen LogP) is 3.11. The van der Waals surface area contributed by atoms with E-state index < -0.39 is 11.8 Å². The van der Waals surface area contributed by atoms with Crippen LogP contribution in [0.3, 0.4) is 0 Å². The quantitative estimate of drug-likeness (QED) is 0.802. The minimum Gasteiger partial charge on any atom is -0.450 e. The number of hydrogen-bond donors (Lipinski definition) is 0. The largest absolute Gasteiger partial charge is 0.450 e. The van der Waals surface area contributed by atoms with E-state index in [0.29, 0.717) is 13.2 Å². The molecule has 1 amide bonds. The Morgan fingerprint density at radius 3 is 2.68 bits per heavy atom. The molecular formula is C17H23NO4. The first-order valence-corrected chi connectivity index (χ1v) is 7.91. The summed E-state index contributed by atoms with van der Waals surface area (Å²) >= 11 is 0. The Hall–Kier alpha value is -1.59. The number of nitrogens with zero attached hydrogens (tertiary/aromatic N) is 1. The van der Waals surface area contributed by atoms with Crippen LogP contribution in [0.4, 0.5) is 4.79 Å². The van der Waals surface area contributed by atoms with E-state index in [-0.39, 0.29) is 18.2 Å². The van der Waals surface area contributed by atoms with Crippen LogP contribution in [0.25, 0.3) is 0 Å². The number of ether oxygens (including phenoxy) is 3. The SMILES string of the molecule is CCOC(=O)N1C([C@]2(C)O[C@H]2CC)OC[C@H]1c1ccccc1. The highest BCUT2D eigenvalue weighted by atomic mass is 16.7. The standard InChI is InChI=1S/C17H23NO4/c1-4-14-17(3,22-14)15-18(16(19)20-5-2)13(11-21-15)12-9-7-6-8-10-12/h6-10,13-15H,4-5,11H2,1-3H3/t13-,14-,15?,17+/m0/s1. The van der Waals surface area contributed by atoms with Crippen molar-refractivity contribution in [3.8, 4) is 0 Å². The molecule has 4 atom stereocenters. The lowest BCUT2D eigenvalue weighted by molar-refractivity contribution is -0.0243. The van der Waals surface area contributed by atoms with Crippen molar-refractivity contribution in [1.29, 1.82) is 0 Å². The normalized spacial score (nSPS) is 33.8. The Bertz CT molecular complexity index is 535. The van der Waals surface area contributed by atoms with Crippen molar-refractivity contribution in [3.05, 3.63) is 35.9 Å². The molecule has 0 radical (unpaired) electrons. The van der Waals surface area contributed by atoms with Gasteiger partial charge in [-0.05, 0) is 25.8 Å². The van der Waals surface area contributed by atoms with Gasteiger partial charge in [0.05, 0.1) is 25.4 Å². The Kier molecular flexibility index (Phi) is 4.10. The first kappa shape index (κ1) is 15.3. The maximum atomic E-state index is 12.5. The van der Waals surface area contributed by atoms with Gasteiger partial charge in [-0.2, -0.15) is 0 Å². The summed E-state index contributed by atoms with van der Waals surface area (Å²) in [5, 5.41) is 0. The van der Waals surface area contributed by atoms with Gasteiger partial charge < -0.3 is 14.2 Å². The van der Waals surface area contributed by atoms with Gasteiger partial charge in [-0.15, -0.1) is 0 Å². The molecule has 2 saturated heterocycles. The van der Waals surface area contributed by atoms with E-state index in [1.165, 1.54) is 0 Å². The maximum absolute atomic E-state index is 12.5. The third kappa shape index (κ3) is 2.48. The molecule has 2 aliphatic rings. The fourth-order valence-electron chi connectivity index (χ4n) is 3.28. The zero-order chi connectivity index (χ0) is 15.7. The van der Waals surface area contributed by atoms with E-state index in [4.69, 9.17) is 14.2 Å². The number of epoxide rings is 1. The van der Waals surface area contributed by atoms with Gasteiger partial charge in [0.25, 0.3) is 0 Å². The van der Waals surface area contributed by atoms with Crippen molar-refractivity contribution in [2.75, 3.05) is 13.2 Å². The molecule has 2 aliphatic heterocycles.